The molecular weight excluding hydrogens is 338 g/mol. The van der Waals surface area contributed by atoms with Crippen molar-refractivity contribution in [3.05, 3.63) is 74.6 Å². The van der Waals surface area contributed by atoms with Crippen molar-refractivity contribution in [2.24, 2.45) is 0 Å². The second kappa shape index (κ2) is 6.54. The van der Waals surface area contributed by atoms with Crippen molar-refractivity contribution < 1.29 is 9.15 Å². The van der Waals surface area contributed by atoms with E-state index in [9.17, 15) is 4.79 Å². The van der Waals surface area contributed by atoms with Crippen LogP contribution in [0.15, 0.2) is 51.7 Å². The maximum Gasteiger partial charge on any atom is 0.196 e. The summed E-state index contributed by atoms with van der Waals surface area (Å²) in [5, 5.41) is 1.04. The van der Waals surface area contributed by atoms with Gasteiger partial charge in [-0.15, -0.1) is 0 Å². The molecule has 0 fully saturated rings. The van der Waals surface area contributed by atoms with E-state index < -0.39 is 0 Å². The van der Waals surface area contributed by atoms with Crippen LogP contribution in [0, 0.1) is 0 Å². The Balaban J connectivity index is 1.63. The highest BCUT2D eigenvalue weighted by atomic mass is 35.5. The van der Waals surface area contributed by atoms with E-state index in [-0.39, 0.29) is 5.43 Å². The number of hydrogen-bond donors (Lipinski definition) is 0. The molecule has 0 saturated carbocycles. The van der Waals surface area contributed by atoms with Crippen LogP contribution < -0.4 is 10.2 Å². The van der Waals surface area contributed by atoms with Crippen molar-refractivity contribution in [3.8, 4) is 5.75 Å². The summed E-state index contributed by atoms with van der Waals surface area (Å²) in [7, 11) is 1.66. The Morgan fingerprint density at radius 2 is 2.00 bits per heavy atom. The minimum Gasteiger partial charge on any atom is -0.497 e. The standard InChI is InChI=1S/C20H18ClNO3/c1-24-14-7-5-13(6-8-14)11-22-10-9-15-18(12-22)25-20-16(19(15)23)3-2-4-17(20)21/h2-8H,9-12H2,1H3. The Morgan fingerprint density at radius 3 is 2.76 bits per heavy atom. The van der Waals surface area contributed by atoms with Crippen LogP contribution in [0.25, 0.3) is 11.0 Å². The minimum atomic E-state index is 0.0443. The third-order valence-electron chi connectivity index (χ3n) is 4.66. The molecule has 0 bridgehead atoms. The normalized spacial score (nSPS) is 14.5. The number of fused-ring (bicyclic) bond motifs is 2. The van der Waals surface area contributed by atoms with E-state index in [2.05, 4.69) is 17.0 Å². The van der Waals surface area contributed by atoms with Gasteiger partial charge in [-0.1, -0.05) is 29.8 Å². The van der Waals surface area contributed by atoms with Gasteiger partial charge in [0, 0.05) is 18.7 Å². The SMILES string of the molecule is COc1ccc(CN2CCc3c(oc4c(Cl)cccc4c3=O)C2)cc1. The first-order chi connectivity index (χ1) is 12.2. The molecule has 0 N–H and O–H groups in total. The number of hydrogen-bond acceptors (Lipinski definition) is 4. The molecular formula is C20H18ClNO3. The van der Waals surface area contributed by atoms with E-state index in [0.29, 0.717) is 29.0 Å². The van der Waals surface area contributed by atoms with Crippen molar-refractivity contribution in [3.63, 3.8) is 0 Å². The van der Waals surface area contributed by atoms with Crippen molar-refractivity contribution in [2.75, 3.05) is 13.7 Å². The van der Waals surface area contributed by atoms with E-state index in [1.807, 2.05) is 12.1 Å². The lowest BCUT2D eigenvalue weighted by Crippen LogP contribution is -2.33. The van der Waals surface area contributed by atoms with Gasteiger partial charge in [0.15, 0.2) is 11.0 Å². The molecule has 0 spiro atoms. The highest BCUT2D eigenvalue weighted by molar-refractivity contribution is 6.34. The number of halogens is 1. The molecule has 1 aliphatic rings. The van der Waals surface area contributed by atoms with E-state index in [0.717, 1.165) is 30.2 Å². The first kappa shape index (κ1) is 16.2. The highest BCUT2D eigenvalue weighted by Gasteiger charge is 2.23. The molecule has 4 rings (SSSR count). The number of benzene rings is 2. The monoisotopic (exact) mass is 355 g/mol. The topological polar surface area (TPSA) is 42.7 Å². The zero-order valence-corrected chi connectivity index (χ0v) is 14.7. The summed E-state index contributed by atoms with van der Waals surface area (Å²) in [5.41, 5.74) is 2.51. The maximum absolute atomic E-state index is 12.7. The Bertz CT molecular complexity index is 979. The molecule has 2 aromatic carbocycles. The van der Waals surface area contributed by atoms with Gasteiger partial charge in [-0.25, -0.2) is 0 Å². The molecule has 5 heteroatoms. The first-order valence-corrected chi connectivity index (χ1v) is 8.62. The number of ether oxygens (including phenoxy) is 1. The van der Waals surface area contributed by atoms with Crippen LogP contribution in [0.1, 0.15) is 16.9 Å². The van der Waals surface area contributed by atoms with Crippen molar-refractivity contribution in [2.45, 2.75) is 19.5 Å². The fraction of sp³-hybridized carbons (Fsp3) is 0.250. The Morgan fingerprint density at radius 1 is 1.20 bits per heavy atom. The molecule has 1 aliphatic heterocycles. The molecule has 1 aromatic heterocycles. The molecule has 0 atom stereocenters. The van der Waals surface area contributed by atoms with Crippen LogP contribution in [-0.4, -0.2) is 18.6 Å². The Hall–Kier alpha value is -2.30. The lowest BCUT2D eigenvalue weighted by Gasteiger charge is -2.27. The average molecular weight is 356 g/mol. The smallest absolute Gasteiger partial charge is 0.196 e. The molecule has 4 nitrogen and oxygen atoms in total. The molecule has 0 radical (unpaired) electrons. The third kappa shape index (κ3) is 3.03. The summed E-state index contributed by atoms with van der Waals surface area (Å²) < 4.78 is 11.2. The average Bonchev–Trinajstić information content (AvgIpc) is 2.63. The summed E-state index contributed by atoms with van der Waals surface area (Å²) >= 11 is 6.21. The molecule has 128 valence electrons. The lowest BCUT2D eigenvalue weighted by atomic mass is 10.0. The van der Waals surface area contributed by atoms with Crippen molar-refractivity contribution in [1.29, 1.82) is 0 Å². The van der Waals surface area contributed by atoms with Crippen LogP contribution in [0.5, 0.6) is 5.75 Å². The van der Waals surface area contributed by atoms with Gasteiger partial charge < -0.3 is 9.15 Å². The zero-order chi connectivity index (χ0) is 17.4. The van der Waals surface area contributed by atoms with Gasteiger partial charge in [0.2, 0.25) is 0 Å². The van der Waals surface area contributed by atoms with E-state index >= 15 is 0 Å². The van der Waals surface area contributed by atoms with E-state index in [1.165, 1.54) is 5.56 Å². The predicted octanol–water partition coefficient (Wildman–Crippen LogP) is 4.01. The molecule has 0 saturated heterocycles. The molecule has 2 heterocycles. The van der Waals surface area contributed by atoms with Crippen molar-refractivity contribution >= 4 is 22.6 Å². The van der Waals surface area contributed by atoms with E-state index in [4.69, 9.17) is 20.8 Å². The van der Waals surface area contributed by atoms with E-state index in [1.54, 1.807) is 25.3 Å². The van der Waals surface area contributed by atoms with Gasteiger partial charge in [-0.3, -0.25) is 9.69 Å². The van der Waals surface area contributed by atoms with Crippen LogP contribution in [-0.2, 0) is 19.5 Å². The molecule has 3 aromatic rings. The highest BCUT2D eigenvalue weighted by Crippen LogP contribution is 2.27. The first-order valence-electron chi connectivity index (χ1n) is 8.24. The van der Waals surface area contributed by atoms with Crippen LogP contribution in [0.4, 0.5) is 0 Å². The summed E-state index contributed by atoms with van der Waals surface area (Å²) in [6.45, 7) is 2.24. The maximum atomic E-state index is 12.7. The summed E-state index contributed by atoms with van der Waals surface area (Å²) in [6, 6.07) is 13.3. The second-order valence-corrected chi connectivity index (χ2v) is 6.67. The van der Waals surface area contributed by atoms with Crippen LogP contribution in [0.2, 0.25) is 5.02 Å². The fourth-order valence-electron chi connectivity index (χ4n) is 3.32. The quantitative estimate of drug-likeness (QED) is 0.712. The Kier molecular flexibility index (Phi) is 4.24. The van der Waals surface area contributed by atoms with Crippen LogP contribution >= 0.6 is 11.6 Å². The summed E-state index contributed by atoms with van der Waals surface area (Å²) in [4.78, 5) is 15.0. The lowest BCUT2D eigenvalue weighted by molar-refractivity contribution is 0.219. The fourth-order valence-corrected chi connectivity index (χ4v) is 3.54. The van der Waals surface area contributed by atoms with Gasteiger partial charge in [0.05, 0.1) is 24.1 Å². The van der Waals surface area contributed by atoms with Crippen LogP contribution in [0.3, 0.4) is 0 Å². The van der Waals surface area contributed by atoms with Gasteiger partial charge in [-0.2, -0.15) is 0 Å². The van der Waals surface area contributed by atoms with Gasteiger partial charge >= 0.3 is 0 Å². The number of rotatable bonds is 3. The molecule has 0 amide bonds. The number of methoxy groups -OCH3 is 1. The third-order valence-corrected chi connectivity index (χ3v) is 4.96. The van der Waals surface area contributed by atoms with Gasteiger partial charge in [-0.05, 0) is 36.2 Å². The summed E-state index contributed by atoms with van der Waals surface area (Å²) in [6.07, 6.45) is 0.691. The van der Waals surface area contributed by atoms with Gasteiger partial charge in [0.1, 0.15) is 11.5 Å². The van der Waals surface area contributed by atoms with Crippen molar-refractivity contribution in [1.82, 2.24) is 4.90 Å². The molecule has 0 unspecified atom stereocenters. The predicted molar refractivity (Wildman–Crippen MR) is 98.3 cm³/mol. The minimum absolute atomic E-state index is 0.0443. The Labute approximate surface area is 150 Å². The number of para-hydroxylation sites is 1. The zero-order valence-electron chi connectivity index (χ0n) is 13.9. The number of nitrogens with zero attached hydrogens (tertiary/aromatic N) is 1. The summed E-state index contributed by atoms with van der Waals surface area (Å²) in [5.74, 6) is 1.57. The largest absolute Gasteiger partial charge is 0.497 e. The molecule has 0 aliphatic carbocycles. The molecule has 25 heavy (non-hydrogen) atoms. The van der Waals surface area contributed by atoms with Gasteiger partial charge in [0.25, 0.3) is 0 Å². The second-order valence-electron chi connectivity index (χ2n) is 6.26.